The summed E-state index contributed by atoms with van der Waals surface area (Å²) in [5.41, 5.74) is 6.13. The fourth-order valence-corrected chi connectivity index (χ4v) is 1.95. The first kappa shape index (κ1) is 12.4. The van der Waals surface area contributed by atoms with E-state index in [4.69, 9.17) is 5.73 Å². The van der Waals surface area contributed by atoms with Crippen molar-refractivity contribution < 1.29 is 14.4 Å². The molecule has 96 valence electrons. The first-order valence-corrected chi connectivity index (χ1v) is 5.70. The predicted molar refractivity (Wildman–Crippen MR) is 61.2 cm³/mol. The third-order valence-electron chi connectivity index (χ3n) is 2.84. The second kappa shape index (κ2) is 5.09. The van der Waals surface area contributed by atoms with Gasteiger partial charge in [0.05, 0.1) is 12.0 Å². The van der Waals surface area contributed by atoms with Gasteiger partial charge in [-0.3, -0.25) is 19.3 Å². The van der Waals surface area contributed by atoms with Gasteiger partial charge in [0.15, 0.2) is 12.5 Å². The van der Waals surface area contributed by atoms with E-state index in [0.29, 0.717) is 19.3 Å². The molecule has 0 saturated carbocycles. The molecule has 0 aliphatic carbocycles. The van der Waals surface area contributed by atoms with Crippen LogP contribution in [0.25, 0.3) is 0 Å². The SMILES string of the molecule is NCCc1cn(C(C=O)N2C(=O)CCC2=O)cn1. The molecule has 1 atom stereocenters. The van der Waals surface area contributed by atoms with Crippen molar-refractivity contribution in [3.05, 3.63) is 18.2 Å². The molecule has 7 nitrogen and oxygen atoms in total. The highest BCUT2D eigenvalue weighted by atomic mass is 16.2. The van der Waals surface area contributed by atoms with Crippen molar-refractivity contribution in [2.75, 3.05) is 6.54 Å². The Bertz CT molecular complexity index is 466. The predicted octanol–water partition coefficient (Wildman–Crippen LogP) is -0.769. The molecule has 1 aromatic rings. The van der Waals surface area contributed by atoms with Gasteiger partial charge in [-0.15, -0.1) is 0 Å². The molecule has 1 saturated heterocycles. The number of nitrogens with zero attached hydrogens (tertiary/aromatic N) is 3. The van der Waals surface area contributed by atoms with Crippen molar-refractivity contribution in [1.82, 2.24) is 14.5 Å². The van der Waals surface area contributed by atoms with Gasteiger partial charge >= 0.3 is 0 Å². The van der Waals surface area contributed by atoms with Crippen LogP contribution in [0.15, 0.2) is 12.5 Å². The van der Waals surface area contributed by atoms with Gasteiger partial charge in [-0.05, 0) is 6.54 Å². The number of imidazole rings is 1. The number of carbonyl (C=O) groups is 3. The van der Waals surface area contributed by atoms with Crippen molar-refractivity contribution in [3.8, 4) is 0 Å². The monoisotopic (exact) mass is 250 g/mol. The zero-order chi connectivity index (χ0) is 13.1. The van der Waals surface area contributed by atoms with Gasteiger partial charge < -0.3 is 10.3 Å². The molecular formula is C11H14N4O3. The minimum Gasteiger partial charge on any atom is -0.330 e. The summed E-state index contributed by atoms with van der Waals surface area (Å²) < 4.78 is 1.46. The molecule has 1 aliphatic rings. The van der Waals surface area contributed by atoms with Gasteiger partial charge in [0.1, 0.15) is 0 Å². The number of rotatable bonds is 5. The molecule has 7 heteroatoms. The fraction of sp³-hybridized carbons (Fsp3) is 0.455. The van der Waals surface area contributed by atoms with E-state index in [1.165, 1.54) is 10.9 Å². The van der Waals surface area contributed by atoms with E-state index >= 15 is 0 Å². The van der Waals surface area contributed by atoms with Crippen molar-refractivity contribution >= 4 is 18.1 Å². The molecule has 1 fully saturated rings. The number of nitrogens with two attached hydrogens (primary N) is 1. The molecule has 1 aliphatic heterocycles. The minimum atomic E-state index is -0.938. The van der Waals surface area contributed by atoms with E-state index in [1.54, 1.807) is 6.20 Å². The molecule has 0 spiro atoms. The molecule has 2 N–H and O–H groups in total. The van der Waals surface area contributed by atoms with Gasteiger partial charge in [-0.2, -0.15) is 0 Å². The molecule has 2 amide bonds. The first-order valence-electron chi connectivity index (χ1n) is 5.70. The van der Waals surface area contributed by atoms with Crippen LogP contribution in [0.5, 0.6) is 0 Å². The second-order valence-corrected chi connectivity index (χ2v) is 4.06. The Balaban J connectivity index is 2.24. The Morgan fingerprint density at radius 2 is 2.06 bits per heavy atom. The summed E-state index contributed by atoms with van der Waals surface area (Å²) in [6.45, 7) is 0.449. The zero-order valence-electron chi connectivity index (χ0n) is 9.78. The van der Waals surface area contributed by atoms with Gasteiger partial charge in [0.25, 0.3) is 0 Å². The second-order valence-electron chi connectivity index (χ2n) is 4.06. The maximum absolute atomic E-state index is 11.6. The molecule has 2 heterocycles. The minimum absolute atomic E-state index is 0.160. The average molecular weight is 250 g/mol. The molecule has 2 rings (SSSR count). The quantitative estimate of drug-likeness (QED) is 0.546. The Hall–Kier alpha value is -2.02. The van der Waals surface area contributed by atoms with Crippen molar-refractivity contribution in [1.29, 1.82) is 0 Å². The van der Waals surface area contributed by atoms with Gasteiger partial charge in [0.2, 0.25) is 11.8 Å². The molecule has 1 unspecified atom stereocenters. The summed E-state index contributed by atoms with van der Waals surface area (Å²) in [5, 5.41) is 0. The van der Waals surface area contributed by atoms with E-state index in [9.17, 15) is 14.4 Å². The number of aromatic nitrogens is 2. The number of imide groups is 1. The summed E-state index contributed by atoms with van der Waals surface area (Å²) in [6, 6.07) is 0. The lowest BCUT2D eigenvalue weighted by Gasteiger charge is -2.21. The van der Waals surface area contributed by atoms with E-state index in [1.807, 2.05) is 0 Å². The Labute approximate surface area is 104 Å². The molecule has 0 radical (unpaired) electrons. The lowest BCUT2D eigenvalue weighted by atomic mass is 10.3. The third-order valence-corrected chi connectivity index (χ3v) is 2.84. The van der Waals surface area contributed by atoms with Crippen LogP contribution in [0.1, 0.15) is 24.7 Å². The number of hydrogen-bond acceptors (Lipinski definition) is 5. The fourth-order valence-electron chi connectivity index (χ4n) is 1.95. The summed E-state index contributed by atoms with van der Waals surface area (Å²) in [7, 11) is 0. The number of likely N-dealkylation sites (tertiary alicyclic amines) is 1. The smallest absolute Gasteiger partial charge is 0.231 e. The van der Waals surface area contributed by atoms with Crippen LogP contribution in [0, 0.1) is 0 Å². The Morgan fingerprint density at radius 1 is 1.39 bits per heavy atom. The average Bonchev–Trinajstić information content (AvgIpc) is 2.92. The van der Waals surface area contributed by atoms with E-state index in [2.05, 4.69) is 4.98 Å². The summed E-state index contributed by atoms with van der Waals surface area (Å²) in [6.07, 6.45) is 3.59. The van der Waals surface area contributed by atoms with Gasteiger partial charge in [0, 0.05) is 25.5 Å². The summed E-state index contributed by atoms with van der Waals surface area (Å²) in [5.74, 6) is -0.655. The van der Waals surface area contributed by atoms with Crippen molar-refractivity contribution in [2.45, 2.75) is 25.4 Å². The van der Waals surface area contributed by atoms with Crippen LogP contribution >= 0.6 is 0 Å². The molecular weight excluding hydrogens is 236 g/mol. The highest BCUT2D eigenvalue weighted by Gasteiger charge is 2.35. The van der Waals surface area contributed by atoms with Crippen molar-refractivity contribution in [2.24, 2.45) is 5.73 Å². The van der Waals surface area contributed by atoms with Crippen LogP contribution in [0.2, 0.25) is 0 Å². The highest BCUT2D eigenvalue weighted by molar-refractivity contribution is 6.03. The lowest BCUT2D eigenvalue weighted by Crippen LogP contribution is -2.37. The standard InChI is InChI=1S/C11H14N4O3/c12-4-3-8-5-14(7-13-8)9(6-16)15-10(17)1-2-11(15)18/h5-7,9H,1-4,12H2. The van der Waals surface area contributed by atoms with Crippen molar-refractivity contribution in [3.63, 3.8) is 0 Å². The number of hydrogen-bond donors (Lipinski definition) is 1. The van der Waals surface area contributed by atoms with E-state index in [-0.39, 0.29) is 24.7 Å². The van der Waals surface area contributed by atoms with E-state index < -0.39 is 6.17 Å². The highest BCUT2D eigenvalue weighted by Crippen LogP contribution is 2.21. The normalized spacial score (nSPS) is 17.3. The van der Waals surface area contributed by atoms with Gasteiger partial charge in [-0.25, -0.2) is 4.98 Å². The molecule has 1 aromatic heterocycles. The largest absolute Gasteiger partial charge is 0.330 e. The first-order chi connectivity index (χ1) is 8.67. The van der Waals surface area contributed by atoms with Crippen LogP contribution in [0.4, 0.5) is 0 Å². The van der Waals surface area contributed by atoms with Crippen LogP contribution in [0.3, 0.4) is 0 Å². The van der Waals surface area contributed by atoms with Crippen LogP contribution in [-0.4, -0.2) is 39.1 Å². The lowest BCUT2D eigenvalue weighted by molar-refractivity contribution is -0.146. The number of carbonyl (C=O) groups excluding carboxylic acids is 3. The van der Waals surface area contributed by atoms with E-state index in [0.717, 1.165) is 10.6 Å². The molecule has 0 bridgehead atoms. The molecule has 0 aromatic carbocycles. The number of amides is 2. The summed E-state index contributed by atoms with van der Waals surface area (Å²) in [4.78, 5) is 39.4. The van der Waals surface area contributed by atoms with Gasteiger partial charge in [-0.1, -0.05) is 0 Å². The van der Waals surface area contributed by atoms with Crippen LogP contribution < -0.4 is 5.73 Å². The zero-order valence-corrected chi connectivity index (χ0v) is 9.78. The Morgan fingerprint density at radius 3 is 2.61 bits per heavy atom. The maximum atomic E-state index is 11.6. The molecule has 18 heavy (non-hydrogen) atoms. The van der Waals surface area contributed by atoms with Crippen LogP contribution in [-0.2, 0) is 20.8 Å². The number of aldehydes is 1. The third kappa shape index (κ3) is 2.17. The summed E-state index contributed by atoms with van der Waals surface area (Å²) >= 11 is 0. The maximum Gasteiger partial charge on any atom is 0.231 e. The Kier molecular flexibility index (Phi) is 3.52. The topological polar surface area (TPSA) is 98.3 Å².